The van der Waals surface area contributed by atoms with E-state index in [4.69, 9.17) is 9.47 Å². The van der Waals surface area contributed by atoms with Crippen LogP contribution in [0.5, 0.6) is 0 Å². The number of rotatable bonds is 10. The zero-order chi connectivity index (χ0) is 18.8. The molecule has 4 heteroatoms. The fraction of sp³-hybridized carbons (Fsp3) is 0.455. The van der Waals surface area contributed by atoms with Gasteiger partial charge in [-0.3, -0.25) is 9.59 Å². The van der Waals surface area contributed by atoms with Gasteiger partial charge in [0.15, 0.2) is 0 Å². The summed E-state index contributed by atoms with van der Waals surface area (Å²) in [6, 6.07) is 11.9. The van der Waals surface area contributed by atoms with Crippen molar-refractivity contribution in [2.45, 2.75) is 65.6 Å². The molecule has 0 bridgehead atoms. The van der Waals surface area contributed by atoms with E-state index in [-0.39, 0.29) is 25.2 Å². The van der Waals surface area contributed by atoms with Gasteiger partial charge in [0.05, 0.1) is 0 Å². The standard InChI is InChI=1S/C22H28O4/c1-3-5-10-21(23)25-15-17-12-13-18-8-7-9-19(20(18)14-17)16-26-22(24)11-6-4-2/h7-9,12-14H,3-6,10-11,15-16H2,1-2H3. The highest BCUT2D eigenvalue weighted by atomic mass is 16.5. The van der Waals surface area contributed by atoms with Crippen molar-refractivity contribution >= 4 is 22.7 Å². The van der Waals surface area contributed by atoms with Gasteiger partial charge in [-0.1, -0.05) is 57.0 Å². The number of fused-ring (bicyclic) bond motifs is 1. The molecule has 0 aliphatic rings. The Morgan fingerprint density at radius 1 is 0.846 bits per heavy atom. The van der Waals surface area contributed by atoms with Crippen LogP contribution in [-0.2, 0) is 32.3 Å². The van der Waals surface area contributed by atoms with Crippen molar-refractivity contribution in [1.29, 1.82) is 0 Å². The van der Waals surface area contributed by atoms with E-state index < -0.39 is 0 Å². The highest BCUT2D eigenvalue weighted by Gasteiger charge is 2.08. The lowest BCUT2D eigenvalue weighted by molar-refractivity contribution is -0.146. The Morgan fingerprint density at radius 2 is 1.50 bits per heavy atom. The van der Waals surface area contributed by atoms with Crippen molar-refractivity contribution < 1.29 is 19.1 Å². The zero-order valence-corrected chi connectivity index (χ0v) is 15.8. The van der Waals surface area contributed by atoms with Crippen molar-refractivity contribution in [3.05, 3.63) is 47.5 Å². The molecular formula is C22H28O4. The largest absolute Gasteiger partial charge is 0.461 e. The summed E-state index contributed by atoms with van der Waals surface area (Å²) in [5, 5.41) is 2.10. The minimum Gasteiger partial charge on any atom is -0.461 e. The summed E-state index contributed by atoms with van der Waals surface area (Å²) >= 11 is 0. The topological polar surface area (TPSA) is 52.6 Å². The van der Waals surface area contributed by atoms with Gasteiger partial charge in [-0.2, -0.15) is 0 Å². The lowest BCUT2D eigenvalue weighted by Crippen LogP contribution is -2.05. The number of carbonyl (C=O) groups is 2. The number of ether oxygens (including phenoxy) is 2. The minimum atomic E-state index is -0.162. The Morgan fingerprint density at radius 3 is 2.15 bits per heavy atom. The second-order valence-electron chi connectivity index (χ2n) is 6.50. The molecule has 0 unspecified atom stereocenters. The third kappa shape index (κ3) is 6.17. The SMILES string of the molecule is CCCCC(=O)OCc1ccc2cccc(COC(=O)CCCC)c2c1. The van der Waals surface area contributed by atoms with Crippen LogP contribution in [0.2, 0.25) is 0 Å². The van der Waals surface area contributed by atoms with E-state index in [0.29, 0.717) is 12.8 Å². The molecule has 0 aliphatic heterocycles. The highest BCUT2D eigenvalue weighted by molar-refractivity contribution is 5.86. The molecule has 0 heterocycles. The van der Waals surface area contributed by atoms with Crippen molar-refractivity contribution in [2.24, 2.45) is 0 Å². The van der Waals surface area contributed by atoms with Crippen LogP contribution in [0.25, 0.3) is 10.8 Å². The zero-order valence-electron chi connectivity index (χ0n) is 15.8. The van der Waals surface area contributed by atoms with Crippen LogP contribution in [0.1, 0.15) is 63.5 Å². The molecule has 0 aromatic heterocycles. The van der Waals surface area contributed by atoms with E-state index in [1.807, 2.05) is 43.3 Å². The molecule has 140 valence electrons. The maximum atomic E-state index is 11.8. The van der Waals surface area contributed by atoms with Gasteiger partial charge in [0, 0.05) is 12.8 Å². The third-order valence-corrected chi connectivity index (χ3v) is 4.29. The monoisotopic (exact) mass is 356 g/mol. The number of carbonyl (C=O) groups excluding carboxylic acids is 2. The first-order chi connectivity index (χ1) is 12.6. The van der Waals surface area contributed by atoms with Crippen molar-refractivity contribution in [2.75, 3.05) is 0 Å². The highest BCUT2D eigenvalue weighted by Crippen LogP contribution is 2.22. The predicted molar refractivity (Wildman–Crippen MR) is 103 cm³/mol. The second kappa shape index (κ2) is 10.6. The molecule has 0 saturated heterocycles. The summed E-state index contributed by atoms with van der Waals surface area (Å²) in [6.45, 7) is 4.63. The third-order valence-electron chi connectivity index (χ3n) is 4.29. The number of hydrogen-bond donors (Lipinski definition) is 0. The maximum absolute atomic E-state index is 11.8. The van der Waals surface area contributed by atoms with Gasteiger partial charge >= 0.3 is 11.9 Å². The average molecular weight is 356 g/mol. The number of hydrogen-bond acceptors (Lipinski definition) is 4. The van der Waals surface area contributed by atoms with Gasteiger partial charge in [0.1, 0.15) is 13.2 Å². The molecule has 2 aromatic rings. The average Bonchev–Trinajstić information content (AvgIpc) is 2.67. The molecule has 2 rings (SSSR count). The Balaban J connectivity index is 2.04. The number of benzene rings is 2. The van der Waals surface area contributed by atoms with Gasteiger partial charge in [-0.05, 0) is 40.8 Å². The van der Waals surface area contributed by atoms with E-state index in [2.05, 4.69) is 6.92 Å². The second-order valence-corrected chi connectivity index (χ2v) is 6.50. The van der Waals surface area contributed by atoms with E-state index in [1.165, 1.54) is 0 Å². The Labute approximate surface area is 155 Å². The lowest BCUT2D eigenvalue weighted by atomic mass is 10.0. The van der Waals surface area contributed by atoms with Crippen molar-refractivity contribution in [3.8, 4) is 0 Å². The van der Waals surface area contributed by atoms with Crippen LogP contribution < -0.4 is 0 Å². The van der Waals surface area contributed by atoms with Crippen molar-refractivity contribution in [3.63, 3.8) is 0 Å². The quantitative estimate of drug-likeness (QED) is 0.542. The Hall–Kier alpha value is -2.36. The molecule has 0 amide bonds. The van der Waals surface area contributed by atoms with Crippen LogP contribution in [0, 0.1) is 0 Å². The van der Waals surface area contributed by atoms with E-state index in [0.717, 1.165) is 47.6 Å². The van der Waals surface area contributed by atoms with Crippen LogP contribution in [-0.4, -0.2) is 11.9 Å². The first kappa shape index (κ1) is 20.0. The van der Waals surface area contributed by atoms with Gasteiger partial charge in [-0.25, -0.2) is 0 Å². The minimum absolute atomic E-state index is 0.162. The van der Waals surface area contributed by atoms with E-state index >= 15 is 0 Å². The van der Waals surface area contributed by atoms with Crippen LogP contribution in [0.3, 0.4) is 0 Å². The first-order valence-corrected chi connectivity index (χ1v) is 9.45. The maximum Gasteiger partial charge on any atom is 0.306 e. The van der Waals surface area contributed by atoms with Crippen molar-refractivity contribution in [1.82, 2.24) is 0 Å². The molecular weight excluding hydrogens is 328 g/mol. The number of unbranched alkanes of at least 4 members (excludes halogenated alkanes) is 2. The summed E-state index contributed by atoms with van der Waals surface area (Å²) in [5.41, 5.74) is 1.90. The van der Waals surface area contributed by atoms with Crippen LogP contribution >= 0.6 is 0 Å². The molecule has 0 fully saturated rings. The molecule has 0 N–H and O–H groups in total. The predicted octanol–water partition coefficient (Wildman–Crippen LogP) is 5.31. The summed E-state index contributed by atoms with van der Waals surface area (Å²) in [5.74, 6) is -0.324. The molecule has 0 spiro atoms. The summed E-state index contributed by atoms with van der Waals surface area (Å²) in [4.78, 5) is 23.5. The van der Waals surface area contributed by atoms with E-state index in [1.54, 1.807) is 0 Å². The first-order valence-electron chi connectivity index (χ1n) is 9.45. The van der Waals surface area contributed by atoms with Gasteiger partial charge < -0.3 is 9.47 Å². The molecule has 26 heavy (non-hydrogen) atoms. The molecule has 0 radical (unpaired) electrons. The van der Waals surface area contributed by atoms with Gasteiger partial charge in [-0.15, -0.1) is 0 Å². The summed E-state index contributed by atoms with van der Waals surface area (Å²) in [7, 11) is 0. The molecule has 0 atom stereocenters. The molecule has 0 aliphatic carbocycles. The van der Waals surface area contributed by atoms with Gasteiger partial charge in [0.2, 0.25) is 0 Å². The van der Waals surface area contributed by atoms with Gasteiger partial charge in [0.25, 0.3) is 0 Å². The molecule has 2 aromatic carbocycles. The molecule has 0 saturated carbocycles. The van der Waals surface area contributed by atoms with E-state index in [9.17, 15) is 9.59 Å². The fourth-order valence-corrected chi connectivity index (χ4v) is 2.71. The lowest BCUT2D eigenvalue weighted by Gasteiger charge is -2.10. The summed E-state index contributed by atoms with van der Waals surface area (Å²) in [6.07, 6.45) is 4.57. The van der Waals surface area contributed by atoms with Crippen LogP contribution in [0.15, 0.2) is 36.4 Å². The summed E-state index contributed by atoms with van der Waals surface area (Å²) < 4.78 is 10.7. The normalized spacial score (nSPS) is 10.7. The smallest absolute Gasteiger partial charge is 0.306 e. The number of esters is 2. The Bertz CT molecular complexity index is 736. The fourth-order valence-electron chi connectivity index (χ4n) is 2.71. The molecule has 4 nitrogen and oxygen atoms in total. The van der Waals surface area contributed by atoms with Crippen LogP contribution in [0.4, 0.5) is 0 Å². The Kier molecular flexibility index (Phi) is 8.13.